The molecule has 2 aliphatic carbocycles. The summed E-state index contributed by atoms with van der Waals surface area (Å²) < 4.78 is 19.8. The third kappa shape index (κ3) is 7.20. The van der Waals surface area contributed by atoms with Crippen molar-refractivity contribution in [3.05, 3.63) is 136 Å². The monoisotopic (exact) mass is 742 g/mol. The van der Waals surface area contributed by atoms with Gasteiger partial charge in [0.15, 0.2) is 11.6 Å². The number of allylic oxidation sites excluding steroid dienone is 1. The average Bonchev–Trinajstić information content (AvgIpc) is 3.63. The summed E-state index contributed by atoms with van der Waals surface area (Å²) in [5, 5.41) is 22.9. The van der Waals surface area contributed by atoms with Crippen molar-refractivity contribution in [1.82, 2.24) is 0 Å². The fourth-order valence-corrected chi connectivity index (χ4v) is 14.0. The Balaban J connectivity index is 1.32. The van der Waals surface area contributed by atoms with Gasteiger partial charge in [-0.05, 0) is 82.7 Å². The molecule has 3 aliphatic rings. The van der Waals surface area contributed by atoms with Gasteiger partial charge >= 0.3 is 7.12 Å². The highest BCUT2D eigenvalue weighted by molar-refractivity contribution is 6.99. The van der Waals surface area contributed by atoms with Crippen LogP contribution < -0.4 is 10.4 Å². The van der Waals surface area contributed by atoms with Gasteiger partial charge in [0.05, 0.1) is 12.7 Å². The number of fused-ring (bicyclic) bond motifs is 4. The first-order chi connectivity index (χ1) is 26.1. The van der Waals surface area contributed by atoms with Crippen LogP contribution in [0.5, 0.6) is 0 Å². The number of benzene rings is 3. The number of ketones is 2. The Morgan fingerprint density at radius 2 is 1.50 bits per heavy atom. The van der Waals surface area contributed by atoms with Crippen LogP contribution in [0.4, 0.5) is 0 Å². The van der Waals surface area contributed by atoms with E-state index in [-0.39, 0.29) is 42.1 Å². The molecule has 1 saturated heterocycles. The van der Waals surface area contributed by atoms with Gasteiger partial charge in [-0.25, -0.2) is 0 Å². The van der Waals surface area contributed by atoms with Crippen LogP contribution in [0, 0.1) is 17.8 Å². The van der Waals surface area contributed by atoms with Crippen molar-refractivity contribution in [2.45, 2.75) is 83.9 Å². The van der Waals surface area contributed by atoms with Crippen molar-refractivity contribution < 1.29 is 33.2 Å². The molecule has 2 heterocycles. The molecule has 4 aromatic rings. The van der Waals surface area contributed by atoms with E-state index in [1.54, 1.807) is 18.2 Å². The van der Waals surface area contributed by atoms with Crippen LogP contribution >= 0.6 is 0 Å². The molecule has 1 aliphatic heterocycles. The molecule has 1 fully saturated rings. The number of furan rings is 1. The van der Waals surface area contributed by atoms with E-state index in [2.05, 4.69) is 76.2 Å². The lowest BCUT2D eigenvalue weighted by Crippen LogP contribution is -2.66. The van der Waals surface area contributed by atoms with Gasteiger partial charge in [-0.3, -0.25) is 9.59 Å². The number of Topliss-reactive ketones (excluding diaryl/α,β-unsaturated/α-hetero) is 2. The van der Waals surface area contributed by atoms with Crippen LogP contribution in [0.25, 0.3) is 6.08 Å². The van der Waals surface area contributed by atoms with E-state index in [0.717, 1.165) is 24.0 Å². The molecular weight excluding hydrogens is 691 g/mol. The van der Waals surface area contributed by atoms with Crippen molar-refractivity contribution >= 4 is 43.5 Å². The molecule has 1 aromatic heterocycles. The number of hydrogen-bond acceptors (Lipinski definition) is 7. The van der Waals surface area contributed by atoms with Crippen LogP contribution in [0.2, 0.25) is 11.4 Å². The molecule has 3 aromatic carbocycles. The fourth-order valence-electron chi connectivity index (χ4n) is 9.42. The summed E-state index contributed by atoms with van der Waals surface area (Å²) in [5.74, 6) is -0.319. The molecule has 0 spiro atoms. The molecule has 7 nitrogen and oxygen atoms in total. The maximum atomic E-state index is 14.4. The second kappa shape index (κ2) is 15.9. The number of aliphatic hydroxyl groups is 1. The zero-order valence-electron chi connectivity index (χ0n) is 31.8. The Kier molecular flexibility index (Phi) is 11.3. The molecular formula is C45H51BO7Si. The quantitative estimate of drug-likeness (QED) is 0.113. The topological polar surface area (TPSA) is 106 Å². The van der Waals surface area contributed by atoms with Crippen molar-refractivity contribution in [3.8, 4) is 0 Å². The highest BCUT2D eigenvalue weighted by atomic mass is 28.4. The third-order valence-corrected chi connectivity index (χ3v) is 16.7. The Labute approximate surface area is 320 Å². The van der Waals surface area contributed by atoms with Crippen molar-refractivity contribution in [2.75, 3.05) is 6.61 Å². The molecule has 0 saturated carbocycles. The van der Waals surface area contributed by atoms with E-state index in [1.807, 2.05) is 36.4 Å². The number of rotatable bonds is 12. The summed E-state index contributed by atoms with van der Waals surface area (Å²) in [4.78, 5) is 28.7. The lowest BCUT2D eigenvalue weighted by molar-refractivity contribution is 0.0591. The van der Waals surface area contributed by atoms with Crippen molar-refractivity contribution in [1.29, 1.82) is 0 Å². The van der Waals surface area contributed by atoms with Gasteiger partial charge in [-0.2, -0.15) is 0 Å². The molecule has 0 unspecified atom stereocenters. The predicted octanol–water partition coefficient (Wildman–Crippen LogP) is 7.82. The summed E-state index contributed by atoms with van der Waals surface area (Å²) in [5.41, 5.74) is 4.15. The predicted molar refractivity (Wildman–Crippen MR) is 215 cm³/mol. The molecule has 0 bridgehead atoms. The molecule has 4 atom stereocenters. The molecule has 2 N–H and O–H groups in total. The second-order valence-electron chi connectivity index (χ2n) is 16.1. The maximum absolute atomic E-state index is 14.4. The smallest absolute Gasteiger partial charge is 0.455 e. The van der Waals surface area contributed by atoms with Gasteiger partial charge in [0.1, 0.15) is 18.1 Å². The van der Waals surface area contributed by atoms with Crippen molar-refractivity contribution in [3.63, 3.8) is 0 Å². The van der Waals surface area contributed by atoms with E-state index in [4.69, 9.17) is 13.5 Å². The molecule has 280 valence electrons. The molecule has 0 amide bonds. The minimum atomic E-state index is -2.96. The summed E-state index contributed by atoms with van der Waals surface area (Å²) in [6.07, 6.45) is 5.27. The van der Waals surface area contributed by atoms with E-state index in [0.29, 0.717) is 41.9 Å². The fraction of sp³-hybridized carbons (Fsp3) is 0.378. The van der Waals surface area contributed by atoms with Crippen LogP contribution in [-0.2, 0) is 15.7 Å². The van der Waals surface area contributed by atoms with E-state index in [9.17, 15) is 19.7 Å². The summed E-state index contributed by atoms with van der Waals surface area (Å²) in [6.45, 7) is 9.03. The molecule has 0 radical (unpaired) electrons. The number of aliphatic hydroxyl groups excluding tert-OH is 1. The largest absolute Gasteiger partial charge is 0.459 e. The summed E-state index contributed by atoms with van der Waals surface area (Å²) in [7, 11) is -4.03. The number of carbonyl (C=O) groups is 2. The second-order valence-corrected chi connectivity index (χ2v) is 20.4. The number of hydrogen-bond donors (Lipinski definition) is 2. The first-order valence-corrected chi connectivity index (χ1v) is 21.3. The standard InChI is InChI=1S/C45H51BO7Si/c1-5-14-30(25-32-22-23-33(28-47)52-32)21-24-40-41-31(29-51-54(45(2,3)4,34-15-8-6-9-16-34)35-17-10-7-11-18-35)26-38-42(39(41)27-46(50)53-40)44(49)37-20-13-12-19-36(37)43(38)48/h6-13,15-20,22-23,25,38-40,42,47,50H,5,14,21,24,26-29H2,1-4H3/b30-25+/t38-,39+,40-,42-/m1/s1. The first-order valence-electron chi connectivity index (χ1n) is 19.4. The zero-order valence-corrected chi connectivity index (χ0v) is 32.8. The van der Waals surface area contributed by atoms with E-state index < -0.39 is 33.4 Å². The van der Waals surface area contributed by atoms with E-state index >= 15 is 0 Å². The number of carbonyl (C=O) groups excluding carboxylic acids is 2. The van der Waals surface area contributed by atoms with Gasteiger partial charge in [0.25, 0.3) is 8.32 Å². The van der Waals surface area contributed by atoms with E-state index in [1.165, 1.54) is 15.9 Å². The molecule has 54 heavy (non-hydrogen) atoms. The van der Waals surface area contributed by atoms with Gasteiger partial charge in [0.2, 0.25) is 0 Å². The third-order valence-electron chi connectivity index (χ3n) is 11.7. The normalized spacial score (nSPS) is 21.9. The van der Waals surface area contributed by atoms with Crippen LogP contribution in [0.3, 0.4) is 0 Å². The maximum Gasteiger partial charge on any atom is 0.455 e. The summed E-state index contributed by atoms with van der Waals surface area (Å²) >= 11 is 0. The molecule has 9 heteroatoms. The van der Waals surface area contributed by atoms with Gasteiger partial charge in [-0.1, -0.05) is 125 Å². The van der Waals surface area contributed by atoms with Crippen LogP contribution in [0.15, 0.2) is 118 Å². The average molecular weight is 743 g/mol. The minimum Gasteiger partial charge on any atom is -0.459 e. The van der Waals surface area contributed by atoms with Gasteiger partial charge in [0, 0.05) is 23.0 Å². The highest BCUT2D eigenvalue weighted by Gasteiger charge is 2.55. The Morgan fingerprint density at radius 3 is 2.09 bits per heavy atom. The van der Waals surface area contributed by atoms with Gasteiger partial charge in [-0.15, -0.1) is 0 Å². The van der Waals surface area contributed by atoms with Crippen LogP contribution in [-0.4, -0.2) is 49.8 Å². The Morgan fingerprint density at radius 1 is 0.870 bits per heavy atom. The zero-order chi connectivity index (χ0) is 38.0. The first kappa shape index (κ1) is 38.2. The van der Waals surface area contributed by atoms with Crippen LogP contribution in [0.1, 0.15) is 92.0 Å². The lowest BCUT2D eigenvalue weighted by Gasteiger charge is -2.48. The lowest BCUT2D eigenvalue weighted by atomic mass is 9.54. The Hall–Kier alpha value is -4.12. The molecule has 7 rings (SSSR count). The summed E-state index contributed by atoms with van der Waals surface area (Å²) in [6, 6.07) is 31.9. The highest BCUT2D eigenvalue weighted by Crippen LogP contribution is 2.51. The van der Waals surface area contributed by atoms with Crippen molar-refractivity contribution in [2.24, 2.45) is 17.8 Å². The minimum absolute atomic E-state index is 0.0106. The SMILES string of the molecule is CCC/C(=C\c1ccc(CO)o1)CC[C@H]1OB(O)C[C@H]2C1=C(CO[Si](c1ccccc1)(c1ccccc1)C(C)(C)C)C[C@H]1C(=O)c3ccccc3C(=O)[C@H]12. The van der Waals surface area contributed by atoms with Gasteiger partial charge < -0.3 is 23.6 Å². The Bertz CT molecular complexity index is 1990.